The van der Waals surface area contributed by atoms with Gasteiger partial charge in [0.25, 0.3) is 5.22 Å². The number of benzene rings is 2. The van der Waals surface area contributed by atoms with E-state index in [4.69, 9.17) is 4.42 Å². The molecule has 114 valence electrons. The first-order valence-electron chi connectivity index (χ1n) is 6.51. The average molecular weight is 398 g/mol. The molecule has 1 aromatic heterocycles. The van der Waals surface area contributed by atoms with Crippen LogP contribution in [0.1, 0.15) is 0 Å². The van der Waals surface area contributed by atoms with Crippen LogP contribution in [-0.4, -0.2) is 24.9 Å². The average Bonchev–Trinajstić information content (AvgIpc) is 2.90. The first-order valence-corrected chi connectivity index (χ1v) is 9.94. The van der Waals surface area contributed by atoms with Crippen molar-refractivity contribution in [1.82, 2.24) is 4.98 Å². The predicted molar refractivity (Wildman–Crippen MR) is 90.9 cm³/mol. The number of oxazole rings is 1. The molecule has 0 N–H and O–H groups in total. The van der Waals surface area contributed by atoms with Gasteiger partial charge >= 0.3 is 0 Å². The normalized spacial score (nSPS) is 11.9. The maximum Gasteiger partial charge on any atom is 0.256 e. The van der Waals surface area contributed by atoms with E-state index in [9.17, 15) is 8.42 Å². The van der Waals surface area contributed by atoms with Crippen LogP contribution in [0.25, 0.3) is 11.1 Å². The Morgan fingerprint density at radius 1 is 1.09 bits per heavy atom. The third-order valence-corrected chi connectivity index (χ3v) is 6.37. The summed E-state index contributed by atoms with van der Waals surface area (Å²) in [6.45, 7) is 0. The molecule has 2 aromatic carbocycles. The number of nitrogens with zero attached hydrogens (tertiary/aromatic N) is 1. The monoisotopic (exact) mass is 397 g/mol. The van der Waals surface area contributed by atoms with Crippen molar-refractivity contribution in [2.24, 2.45) is 0 Å². The van der Waals surface area contributed by atoms with Crippen LogP contribution >= 0.6 is 27.7 Å². The lowest BCUT2D eigenvalue weighted by molar-refractivity contribution is 0.489. The minimum Gasteiger partial charge on any atom is -0.431 e. The third-order valence-electron chi connectivity index (χ3n) is 3.02. The molecule has 0 aliphatic rings. The zero-order valence-corrected chi connectivity index (χ0v) is 14.6. The molecule has 0 atom stereocenters. The number of thioether (sulfide) groups is 1. The fourth-order valence-electron chi connectivity index (χ4n) is 1.91. The van der Waals surface area contributed by atoms with E-state index in [2.05, 4.69) is 20.9 Å². The molecule has 0 saturated carbocycles. The molecular formula is C15H12BrNO3S2. The van der Waals surface area contributed by atoms with Crippen LogP contribution in [0, 0.1) is 0 Å². The van der Waals surface area contributed by atoms with Gasteiger partial charge in [-0.05, 0) is 36.4 Å². The van der Waals surface area contributed by atoms with E-state index in [1.54, 1.807) is 24.3 Å². The van der Waals surface area contributed by atoms with Crippen molar-refractivity contribution < 1.29 is 12.8 Å². The van der Waals surface area contributed by atoms with Crippen LogP contribution in [0.15, 0.2) is 67.5 Å². The minimum absolute atomic E-state index is 0.0397. The Bertz CT molecular complexity index is 856. The second-order valence-electron chi connectivity index (χ2n) is 4.57. The summed E-state index contributed by atoms with van der Waals surface area (Å²) in [5, 5.41) is 0.493. The van der Waals surface area contributed by atoms with Gasteiger partial charge in [0, 0.05) is 10.2 Å². The molecule has 22 heavy (non-hydrogen) atoms. The summed E-state index contributed by atoms with van der Waals surface area (Å²) in [6, 6.07) is 14.1. The van der Waals surface area contributed by atoms with Gasteiger partial charge < -0.3 is 4.42 Å². The summed E-state index contributed by atoms with van der Waals surface area (Å²) in [6.07, 6.45) is 0. The van der Waals surface area contributed by atoms with Gasteiger partial charge in [-0.2, -0.15) is 0 Å². The lowest BCUT2D eigenvalue weighted by Gasteiger charge is -2.03. The number of halogens is 1. The van der Waals surface area contributed by atoms with Crippen molar-refractivity contribution in [3.63, 3.8) is 0 Å². The van der Waals surface area contributed by atoms with Crippen LogP contribution in [0.2, 0.25) is 0 Å². The van der Waals surface area contributed by atoms with E-state index >= 15 is 0 Å². The van der Waals surface area contributed by atoms with Crippen LogP contribution in [0.3, 0.4) is 0 Å². The standard InChI is InChI=1S/C15H12BrNO3S2/c16-11-5-7-12(8-6-11)22(18,19)10-9-21-15-17-13-3-1-2-4-14(13)20-15/h1-8H,9-10H2. The van der Waals surface area contributed by atoms with Crippen LogP contribution in [0.4, 0.5) is 0 Å². The van der Waals surface area contributed by atoms with Gasteiger partial charge in [-0.25, -0.2) is 13.4 Å². The highest BCUT2D eigenvalue weighted by Gasteiger charge is 2.15. The van der Waals surface area contributed by atoms with Crippen molar-refractivity contribution in [3.8, 4) is 0 Å². The van der Waals surface area contributed by atoms with E-state index in [1.165, 1.54) is 11.8 Å². The summed E-state index contributed by atoms with van der Waals surface area (Å²) in [7, 11) is -3.29. The molecule has 0 aliphatic heterocycles. The lowest BCUT2D eigenvalue weighted by atomic mass is 10.3. The van der Waals surface area contributed by atoms with Gasteiger partial charge in [-0.3, -0.25) is 0 Å². The van der Waals surface area contributed by atoms with Gasteiger partial charge in [-0.1, -0.05) is 39.8 Å². The van der Waals surface area contributed by atoms with E-state index in [1.807, 2.05) is 24.3 Å². The highest BCUT2D eigenvalue weighted by Crippen LogP contribution is 2.24. The summed E-state index contributed by atoms with van der Waals surface area (Å²) >= 11 is 4.60. The van der Waals surface area contributed by atoms with Crippen molar-refractivity contribution >= 4 is 48.6 Å². The maximum absolute atomic E-state index is 12.2. The number of hydrogen-bond donors (Lipinski definition) is 0. The molecule has 7 heteroatoms. The second kappa shape index (κ2) is 6.44. The van der Waals surface area contributed by atoms with Gasteiger partial charge in [0.1, 0.15) is 5.52 Å². The highest BCUT2D eigenvalue weighted by molar-refractivity contribution is 9.10. The summed E-state index contributed by atoms with van der Waals surface area (Å²) < 4.78 is 30.9. The zero-order valence-electron chi connectivity index (χ0n) is 11.4. The third kappa shape index (κ3) is 3.53. The molecule has 1 heterocycles. The number of sulfone groups is 1. The van der Waals surface area contributed by atoms with Crippen molar-refractivity contribution in [2.75, 3.05) is 11.5 Å². The van der Waals surface area contributed by atoms with E-state index in [-0.39, 0.29) is 5.75 Å². The second-order valence-corrected chi connectivity index (χ2v) is 8.64. The molecule has 0 unspecified atom stereocenters. The molecule has 0 saturated heterocycles. The van der Waals surface area contributed by atoms with Gasteiger partial charge in [-0.15, -0.1) is 0 Å². The molecule has 0 fully saturated rings. The summed E-state index contributed by atoms with van der Waals surface area (Å²) in [5.74, 6) is 0.434. The lowest BCUT2D eigenvalue weighted by Crippen LogP contribution is -2.08. The topological polar surface area (TPSA) is 60.2 Å². The van der Waals surface area contributed by atoms with E-state index in [0.717, 1.165) is 9.99 Å². The molecule has 0 bridgehead atoms. The van der Waals surface area contributed by atoms with Gasteiger partial charge in [0.05, 0.1) is 10.6 Å². The van der Waals surface area contributed by atoms with Crippen LogP contribution in [0.5, 0.6) is 0 Å². The number of rotatable bonds is 5. The fraction of sp³-hybridized carbons (Fsp3) is 0.133. The smallest absolute Gasteiger partial charge is 0.256 e. The molecular weight excluding hydrogens is 386 g/mol. The Balaban J connectivity index is 1.65. The summed E-state index contributed by atoms with van der Waals surface area (Å²) in [5.41, 5.74) is 1.49. The molecule has 0 radical (unpaired) electrons. The van der Waals surface area contributed by atoms with E-state index in [0.29, 0.717) is 21.5 Å². The SMILES string of the molecule is O=S(=O)(CCSc1nc2ccccc2o1)c1ccc(Br)cc1. The Kier molecular flexibility index (Phi) is 4.56. The number of aromatic nitrogens is 1. The quantitative estimate of drug-likeness (QED) is 0.604. The van der Waals surface area contributed by atoms with Crippen LogP contribution in [-0.2, 0) is 9.84 Å². The van der Waals surface area contributed by atoms with Crippen molar-refractivity contribution in [3.05, 3.63) is 53.0 Å². The molecule has 3 rings (SSSR count). The van der Waals surface area contributed by atoms with Crippen molar-refractivity contribution in [1.29, 1.82) is 0 Å². The molecule has 0 spiro atoms. The first-order chi connectivity index (χ1) is 10.5. The Morgan fingerprint density at radius 3 is 2.55 bits per heavy atom. The first kappa shape index (κ1) is 15.6. The molecule has 3 aromatic rings. The Morgan fingerprint density at radius 2 is 1.82 bits per heavy atom. The number of para-hydroxylation sites is 2. The predicted octanol–water partition coefficient (Wildman–Crippen LogP) is 4.16. The molecule has 0 aliphatic carbocycles. The minimum atomic E-state index is -3.29. The highest BCUT2D eigenvalue weighted by atomic mass is 79.9. The van der Waals surface area contributed by atoms with Crippen LogP contribution < -0.4 is 0 Å². The Labute approximate surface area is 141 Å². The largest absolute Gasteiger partial charge is 0.431 e. The fourth-order valence-corrected chi connectivity index (χ4v) is 4.66. The molecule has 4 nitrogen and oxygen atoms in total. The number of hydrogen-bond acceptors (Lipinski definition) is 5. The summed E-state index contributed by atoms with van der Waals surface area (Å²) in [4.78, 5) is 4.64. The van der Waals surface area contributed by atoms with Gasteiger partial charge in [0.2, 0.25) is 0 Å². The molecule has 0 amide bonds. The number of fused-ring (bicyclic) bond motifs is 1. The van der Waals surface area contributed by atoms with E-state index < -0.39 is 9.84 Å². The maximum atomic E-state index is 12.2. The van der Waals surface area contributed by atoms with Gasteiger partial charge in [0.15, 0.2) is 15.4 Å². The zero-order chi connectivity index (χ0) is 15.6. The van der Waals surface area contributed by atoms with Crippen molar-refractivity contribution in [2.45, 2.75) is 10.1 Å². The Hall–Kier alpha value is -1.31.